The Labute approximate surface area is 78.0 Å². The second-order valence-electron chi connectivity index (χ2n) is 3.74. The van der Waals surface area contributed by atoms with E-state index in [-0.39, 0.29) is 11.6 Å². The molecular weight excluding hydrogens is 170 g/mol. The summed E-state index contributed by atoms with van der Waals surface area (Å²) in [5.41, 5.74) is -0.475. The predicted octanol–water partition coefficient (Wildman–Crippen LogP) is 1.19. The van der Waals surface area contributed by atoms with Gasteiger partial charge in [-0.25, -0.2) is 9.79 Å². The standard InChI is InChI=1S/C9H15NO3/c1-6(7(11)13-5)10-8(12)9(2,3)4/h1-5H3. The summed E-state index contributed by atoms with van der Waals surface area (Å²) < 4.78 is 4.40. The first-order valence-electron chi connectivity index (χ1n) is 3.97. The van der Waals surface area contributed by atoms with Gasteiger partial charge in [0.15, 0.2) is 0 Å². The van der Waals surface area contributed by atoms with Crippen molar-refractivity contribution in [2.75, 3.05) is 7.11 Å². The maximum atomic E-state index is 11.3. The van der Waals surface area contributed by atoms with E-state index >= 15 is 0 Å². The molecule has 0 saturated heterocycles. The van der Waals surface area contributed by atoms with Crippen LogP contribution in [0.15, 0.2) is 4.99 Å². The Kier molecular flexibility index (Phi) is 3.78. The molecule has 74 valence electrons. The van der Waals surface area contributed by atoms with E-state index in [0.717, 1.165) is 0 Å². The summed E-state index contributed by atoms with van der Waals surface area (Å²) in [5, 5.41) is 0. The molecule has 0 radical (unpaired) electrons. The van der Waals surface area contributed by atoms with E-state index in [1.807, 2.05) is 0 Å². The number of esters is 1. The summed E-state index contributed by atoms with van der Waals surface area (Å²) in [6.45, 7) is 6.67. The van der Waals surface area contributed by atoms with Crippen LogP contribution in [-0.2, 0) is 14.3 Å². The van der Waals surface area contributed by atoms with E-state index in [9.17, 15) is 9.59 Å². The van der Waals surface area contributed by atoms with E-state index < -0.39 is 11.4 Å². The van der Waals surface area contributed by atoms with Crippen LogP contribution in [0.25, 0.3) is 0 Å². The van der Waals surface area contributed by atoms with Crippen LogP contribution in [0.1, 0.15) is 27.7 Å². The van der Waals surface area contributed by atoms with Gasteiger partial charge < -0.3 is 4.74 Å². The third-order valence-electron chi connectivity index (χ3n) is 1.39. The van der Waals surface area contributed by atoms with E-state index in [1.165, 1.54) is 14.0 Å². The largest absolute Gasteiger partial charge is 0.465 e. The van der Waals surface area contributed by atoms with Gasteiger partial charge in [0, 0.05) is 5.41 Å². The molecule has 0 N–H and O–H groups in total. The van der Waals surface area contributed by atoms with Crippen molar-refractivity contribution in [1.29, 1.82) is 0 Å². The van der Waals surface area contributed by atoms with Crippen molar-refractivity contribution in [3.63, 3.8) is 0 Å². The third kappa shape index (κ3) is 3.83. The van der Waals surface area contributed by atoms with E-state index in [4.69, 9.17) is 0 Å². The number of carbonyl (C=O) groups is 2. The fraction of sp³-hybridized carbons (Fsp3) is 0.667. The molecule has 0 aromatic rings. The Bertz CT molecular complexity index is 248. The van der Waals surface area contributed by atoms with Crippen LogP contribution in [-0.4, -0.2) is 24.7 Å². The Morgan fingerprint density at radius 1 is 1.23 bits per heavy atom. The number of nitrogens with zero attached hydrogens (tertiary/aromatic N) is 1. The van der Waals surface area contributed by atoms with Gasteiger partial charge in [0.05, 0.1) is 7.11 Å². The highest BCUT2D eigenvalue weighted by molar-refractivity contribution is 6.37. The molecule has 13 heavy (non-hydrogen) atoms. The number of hydrogen-bond donors (Lipinski definition) is 0. The Morgan fingerprint density at radius 2 is 1.69 bits per heavy atom. The number of rotatable bonds is 1. The average molecular weight is 185 g/mol. The molecule has 1 amide bonds. The molecule has 0 spiro atoms. The van der Waals surface area contributed by atoms with Crippen LogP contribution in [0.4, 0.5) is 0 Å². The summed E-state index contributed by atoms with van der Waals surface area (Å²) >= 11 is 0. The number of ether oxygens (including phenoxy) is 1. The molecule has 4 nitrogen and oxygen atoms in total. The number of hydrogen-bond acceptors (Lipinski definition) is 3. The topological polar surface area (TPSA) is 55.7 Å². The van der Waals surface area contributed by atoms with Crippen molar-refractivity contribution in [2.45, 2.75) is 27.7 Å². The minimum Gasteiger partial charge on any atom is -0.465 e. The maximum Gasteiger partial charge on any atom is 0.352 e. The fourth-order valence-electron chi connectivity index (χ4n) is 0.513. The van der Waals surface area contributed by atoms with Gasteiger partial charge in [0.25, 0.3) is 5.91 Å². The van der Waals surface area contributed by atoms with Gasteiger partial charge in [-0.05, 0) is 6.92 Å². The highest BCUT2D eigenvalue weighted by atomic mass is 16.5. The predicted molar refractivity (Wildman–Crippen MR) is 49.6 cm³/mol. The summed E-state index contributed by atoms with van der Waals surface area (Å²) in [5.74, 6) is -0.895. The molecule has 0 atom stereocenters. The Hall–Kier alpha value is -1.19. The lowest BCUT2D eigenvalue weighted by Crippen LogP contribution is -2.22. The highest BCUT2D eigenvalue weighted by Gasteiger charge is 2.21. The Morgan fingerprint density at radius 3 is 2.00 bits per heavy atom. The van der Waals surface area contributed by atoms with Gasteiger partial charge in [-0.3, -0.25) is 4.79 Å². The minimum absolute atomic E-state index is 0.0856. The van der Waals surface area contributed by atoms with Gasteiger partial charge in [-0.2, -0.15) is 0 Å². The summed E-state index contributed by atoms with van der Waals surface area (Å²) in [4.78, 5) is 25.8. The molecule has 0 unspecified atom stereocenters. The van der Waals surface area contributed by atoms with Crippen molar-refractivity contribution < 1.29 is 14.3 Å². The van der Waals surface area contributed by atoms with Crippen molar-refractivity contribution in [2.24, 2.45) is 10.4 Å². The number of carbonyl (C=O) groups excluding carboxylic acids is 2. The summed E-state index contributed by atoms with van der Waals surface area (Å²) in [7, 11) is 1.25. The van der Waals surface area contributed by atoms with Crippen LogP contribution < -0.4 is 0 Å². The quantitative estimate of drug-likeness (QED) is 0.455. The van der Waals surface area contributed by atoms with Crippen LogP contribution in [0.5, 0.6) is 0 Å². The molecule has 4 heteroatoms. The fourth-order valence-corrected chi connectivity index (χ4v) is 0.513. The van der Waals surface area contributed by atoms with Gasteiger partial charge >= 0.3 is 5.97 Å². The first kappa shape index (κ1) is 11.8. The van der Waals surface area contributed by atoms with Crippen molar-refractivity contribution >= 4 is 17.6 Å². The zero-order valence-electron chi connectivity index (χ0n) is 8.67. The van der Waals surface area contributed by atoms with Gasteiger partial charge in [-0.15, -0.1) is 0 Å². The molecule has 0 saturated carbocycles. The second-order valence-corrected chi connectivity index (χ2v) is 3.74. The van der Waals surface area contributed by atoms with Crippen LogP contribution in [0.3, 0.4) is 0 Å². The van der Waals surface area contributed by atoms with Crippen molar-refractivity contribution in [3.8, 4) is 0 Å². The normalized spacial score (nSPS) is 12.5. The monoisotopic (exact) mass is 185 g/mol. The van der Waals surface area contributed by atoms with Crippen LogP contribution >= 0.6 is 0 Å². The van der Waals surface area contributed by atoms with Gasteiger partial charge in [-0.1, -0.05) is 20.8 Å². The zero-order valence-corrected chi connectivity index (χ0v) is 8.67. The molecule has 0 fully saturated rings. The molecule has 0 aromatic heterocycles. The first-order chi connectivity index (χ1) is 5.79. The van der Waals surface area contributed by atoms with Crippen molar-refractivity contribution in [3.05, 3.63) is 0 Å². The molecule has 0 aliphatic rings. The van der Waals surface area contributed by atoms with Gasteiger partial charge in [0.2, 0.25) is 0 Å². The van der Waals surface area contributed by atoms with Crippen LogP contribution in [0, 0.1) is 5.41 Å². The molecular formula is C9H15NO3. The lowest BCUT2D eigenvalue weighted by Gasteiger charge is -2.12. The molecule has 0 bridgehead atoms. The maximum absolute atomic E-state index is 11.3. The lowest BCUT2D eigenvalue weighted by atomic mass is 9.96. The van der Waals surface area contributed by atoms with Gasteiger partial charge in [0.1, 0.15) is 5.71 Å². The average Bonchev–Trinajstić information content (AvgIpc) is 2.01. The number of aliphatic imine (C=N–C) groups is 1. The lowest BCUT2D eigenvalue weighted by molar-refractivity contribution is -0.133. The smallest absolute Gasteiger partial charge is 0.352 e. The minimum atomic E-state index is -0.572. The Balaban J connectivity index is 4.59. The number of methoxy groups -OCH3 is 1. The molecule has 0 aromatic carbocycles. The van der Waals surface area contributed by atoms with E-state index in [1.54, 1.807) is 20.8 Å². The van der Waals surface area contributed by atoms with Crippen molar-refractivity contribution in [1.82, 2.24) is 0 Å². The highest BCUT2D eigenvalue weighted by Crippen LogP contribution is 2.15. The summed E-state index contributed by atoms with van der Waals surface area (Å²) in [6, 6.07) is 0. The molecule has 0 aliphatic carbocycles. The molecule has 0 aliphatic heterocycles. The zero-order chi connectivity index (χ0) is 10.6. The summed E-state index contributed by atoms with van der Waals surface area (Å²) in [6.07, 6.45) is 0. The second kappa shape index (κ2) is 4.16. The SMILES string of the molecule is COC(=O)C(C)=NC(=O)C(C)(C)C. The third-order valence-corrected chi connectivity index (χ3v) is 1.39. The van der Waals surface area contributed by atoms with E-state index in [2.05, 4.69) is 9.73 Å². The number of amides is 1. The first-order valence-corrected chi connectivity index (χ1v) is 3.97. The molecule has 0 rings (SSSR count). The molecule has 0 heterocycles. The van der Waals surface area contributed by atoms with E-state index in [0.29, 0.717) is 0 Å². The van der Waals surface area contributed by atoms with Crippen LogP contribution in [0.2, 0.25) is 0 Å².